The van der Waals surface area contributed by atoms with E-state index in [-0.39, 0.29) is 30.7 Å². The van der Waals surface area contributed by atoms with E-state index in [1.54, 1.807) is 0 Å². The molecule has 2 amide bonds. The van der Waals surface area contributed by atoms with E-state index >= 15 is 0 Å². The van der Waals surface area contributed by atoms with Crippen LogP contribution in [0.2, 0.25) is 0 Å². The molecule has 1 fully saturated rings. The lowest BCUT2D eigenvalue weighted by molar-refractivity contribution is -0.139. The van der Waals surface area contributed by atoms with Gasteiger partial charge < -0.3 is 20.6 Å². The second kappa shape index (κ2) is 10.3. The summed E-state index contributed by atoms with van der Waals surface area (Å²) < 4.78 is 0. The van der Waals surface area contributed by atoms with Crippen LogP contribution in [0.25, 0.3) is 0 Å². The smallest absolute Gasteiger partial charge is 0.317 e. The Morgan fingerprint density at radius 2 is 1.89 bits per heavy atom. The molecule has 3 N–H and O–H groups in total. The molecule has 1 aromatic rings. The van der Waals surface area contributed by atoms with E-state index in [9.17, 15) is 9.59 Å². The molecule has 1 aromatic carbocycles. The second-order valence-corrected chi connectivity index (χ2v) is 7.55. The molecule has 0 saturated heterocycles. The largest absolute Gasteiger partial charge is 0.480 e. The first-order chi connectivity index (χ1) is 12.9. The fraction of sp³-hybridized carbons (Fsp3) is 0.600. The number of carbonyl (C=O) groups is 2. The third-order valence-electron chi connectivity index (χ3n) is 4.96. The lowest BCUT2D eigenvalue weighted by atomic mass is 9.85. The number of hydrogen-bond acceptors (Lipinski definition) is 4. The van der Waals surface area contributed by atoms with Gasteiger partial charge in [0.15, 0.2) is 0 Å². The Morgan fingerprint density at radius 3 is 2.44 bits per heavy atom. The van der Waals surface area contributed by atoms with Crippen molar-refractivity contribution in [1.29, 1.82) is 0 Å². The van der Waals surface area contributed by atoms with Gasteiger partial charge in [-0.1, -0.05) is 37.3 Å². The highest BCUT2D eigenvalue weighted by atomic mass is 16.4. The van der Waals surface area contributed by atoms with Gasteiger partial charge in [-0.2, -0.15) is 0 Å². The maximum Gasteiger partial charge on any atom is 0.317 e. The molecule has 0 spiro atoms. The predicted molar refractivity (Wildman–Crippen MR) is 106 cm³/mol. The average Bonchev–Trinajstić information content (AvgIpc) is 2.56. The summed E-state index contributed by atoms with van der Waals surface area (Å²) in [4.78, 5) is 27.3. The molecule has 7 heteroatoms. The predicted octanol–water partition coefficient (Wildman–Crippen LogP) is 1.40. The van der Waals surface area contributed by atoms with E-state index in [1.807, 2.05) is 44.1 Å². The maximum absolute atomic E-state index is 12.4. The molecule has 1 aliphatic rings. The van der Waals surface area contributed by atoms with Crippen LogP contribution in [0.1, 0.15) is 25.3 Å². The lowest BCUT2D eigenvalue weighted by Crippen LogP contribution is -2.57. The van der Waals surface area contributed by atoms with Crippen molar-refractivity contribution >= 4 is 12.0 Å². The molecule has 1 atom stereocenters. The highest BCUT2D eigenvalue weighted by Crippen LogP contribution is 2.25. The first-order valence-corrected chi connectivity index (χ1v) is 9.58. The number of urea groups is 1. The highest BCUT2D eigenvalue weighted by Gasteiger charge is 2.34. The number of amides is 2. The quantitative estimate of drug-likeness (QED) is 0.575. The summed E-state index contributed by atoms with van der Waals surface area (Å²) in [6.07, 6.45) is 2.37. The van der Waals surface area contributed by atoms with Gasteiger partial charge in [0.25, 0.3) is 0 Å². The minimum Gasteiger partial charge on any atom is -0.480 e. The molecule has 7 nitrogen and oxygen atoms in total. The van der Waals surface area contributed by atoms with Crippen molar-refractivity contribution in [2.45, 2.75) is 44.3 Å². The summed E-state index contributed by atoms with van der Waals surface area (Å²) in [6, 6.07) is 10.4. The Kier molecular flexibility index (Phi) is 8.06. The Balaban J connectivity index is 1.79. The Hall–Kier alpha value is -2.12. The Labute approximate surface area is 161 Å². The number of carboxylic acid groups (broad SMARTS) is 1. The number of carbonyl (C=O) groups excluding carboxylic acids is 1. The van der Waals surface area contributed by atoms with Gasteiger partial charge in [0, 0.05) is 24.7 Å². The summed E-state index contributed by atoms with van der Waals surface area (Å²) >= 11 is 0. The van der Waals surface area contributed by atoms with Crippen LogP contribution in [0.5, 0.6) is 0 Å². The van der Waals surface area contributed by atoms with E-state index in [2.05, 4.69) is 27.7 Å². The molecule has 0 aromatic heterocycles. The first kappa shape index (κ1) is 21.2. The van der Waals surface area contributed by atoms with Crippen LogP contribution in [0, 0.1) is 0 Å². The third-order valence-corrected chi connectivity index (χ3v) is 4.96. The SMILES string of the molecule is CCN(CC(=O)O)C1CC(NC(=O)NC(Cc2ccccc2)CN(C)C)C1. The van der Waals surface area contributed by atoms with E-state index in [4.69, 9.17) is 5.11 Å². The Bertz CT molecular complexity index is 603. The Morgan fingerprint density at radius 1 is 1.22 bits per heavy atom. The molecule has 27 heavy (non-hydrogen) atoms. The molecule has 1 aliphatic carbocycles. The summed E-state index contributed by atoms with van der Waals surface area (Å²) in [5.74, 6) is -0.807. The van der Waals surface area contributed by atoms with Gasteiger partial charge in [-0.25, -0.2) is 4.79 Å². The van der Waals surface area contributed by atoms with Gasteiger partial charge in [0.1, 0.15) is 0 Å². The lowest BCUT2D eigenvalue weighted by Gasteiger charge is -2.42. The highest BCUT2D eigenvalue weighted by molar-refractivity contribution is 5.74. The third kappa shape index (κ3) is 7.19. The topological polar surface area (TPSA) is 84.9 Å². The van der Waals surface area contributed by atoms with Crippen LogP contribution < -0.4 is 10.6 Å². The van der Waals surface area contributed by atoms with Crippen molar-refractivity contribution in [1.82, 2.24) is 20.4 Å². The minimum absolute atomic E-state index is 0.0254. The fourth-order valence-electron chi connectivity index (χ4n) is 3.59. The summed E-state index contributed by atoms with van der Waals surface area (Å²) in [7, 11) is 3.99. The van der Waals surface area contributed by atoms with Crippen LogP contribution in [-0.4, -0.2) is 78.8 Å². The van der Waals surface area contributed by atoms with Crippen LogP contribution in [0.3, 0.4) is 0 Å². The normalized spacial score (nSPS) is 20.2. The monoisotopic (exact) mass is 376 g/mol. The first-order valence-electron chi connectivity index (χ1n) is 9.58. The molecule has 150 valence electrons. The molecule has 0 radical (unpaired) electrons. The molecule has 0 bridgehead atoms. The van der Waals surface area contributed by atoms with E-state index < -0.39 is 5.97 Å². The molecule has 2 rings (SSSR count). The average molecular weight is 377 g/mol. The van der Waals surface area contributed by atoms with Crippen molar-refractivity contribution in [3.63, 3.8) is 0 Å². The number of rotatable bonds is 10. The van der Waals surface area contributed by atoms with Crippen LogP contribution in [0.4, 0.5) is 4.79 Å². The minimum atomic E-state index is -0.807. The number of hydrogen-bond donors (Lipinski definition) is 3. The van der Waals surface area contributed by atoms with Gasteiger partial charge in [0.2, 0.25) is 0 Å². The molecular weight excluding hydrogens is 344 g/mol. The van der Waals surface area contributed by atoms with Gasteiger partial charge in [-0.05, 0) is 45.5 Å². The van der Waals surface area contributed by atoms with Gasteiger partial charge >= 0.3 is 12.0 Å². The fourth-order valence-corrected chi connectivity index (χ4v) is 3.59. The molecular formula is C20H32N4O3. The van der Waals surface area contributed by atoms with Crippen molar-refractivity contribution < 1.29 is 14.7 Å². The number of carboxylic acids is 1. The van der Waals surface area contributed by atoms with Crippen molar-refractivity contribution in [3.05, 3.63) is 35.9 Å². The summed E-state index contributed by atoms with van der Waals surface area (Å²) in [5, 5.41) is 15.1. The second-order valence-electron chi connectivity index (χ2n) is 7.55. The van der Waals surface area contributed by atoms with Crippen molar-refractivity contribution in [3.8, 4) is 0 Å². The van der Waals surface area contributed by atoms with Crippen molar-refractivity contribution in [2.24, 2.45) is 0 Å². The van der Waals surface area contributed by atoms with Crippen LogP contribution in [-0.2, 0) is 11.2 Å². The molecule has 1 unspecified atom stereocenters. The number of aliphatic carboxylic acids is 1. The van der Waals surface area contributed by atoms with Gasteiger partial charge in [0.05, 0.1) is 6.54 Å². The van der Waals surface area contributed by atoms with E-state index in [0.29, 0.717) is 6.54 Å². The number of nitrogens with zero attached hydrogens (tertiary/aromatic N) is 2. The van der Waals surface area contributed by atoms with Gasteiger partial charge in [-0.15, -0.1) is 0 Å². The number of likely N-dealkylation sites (N-methyl/N-ethyl adjacent to an activating group) is 2. The molecule has 1 saturated carbocycles. The standard InChI is InChI=1S/C20H32N4O3/c1-4-24(14-19(25)26)18-11-16(12-18)21-20(27)22-17(13-23(2)3)10-15-8-6-5-7-9-15/h5-9,16-18H,4,10-14H2,1-3H3,(H,25,26)(H2,21,22,27). The van der Waals surface area contributed by atoms with Crippen LogP contribution >= 0.6 is 0 Å². The van der Waals surface area contributed by atoms with Crippen LogP contribution in [0.15, 0.2) is 30.3 Å². The summed E-state index contributed by atoms with van der Waals surface area (Å²) in [6.45, 7) is 3.49. The van der Waals surface area contributed by atoms with E-state index in [1.165, 1.54) is 5.56 Å². The molecule has 0 heterocycles. The van der Waals surface area contributed by atoms with Gasteiger partial charge in [-0.3, -0.25) is 9.69 Å². The van der Waals surface area contributed by atoms with Crippen molar-refractivity contribution in [2.75, 3.05) is 33.7 Å². The zero-order valence-corrected chi connectivity index (χ0v) is 16.5. The number of benzene rings is 1. The molecule has 0 aliphatic heterocycles. The maximum atomic E-state index is 12.4. The zero-order valence-electron chi connectivity index (χ0n) is 16.5. The van der Waals surface area contributed by atoms with E-state index in [0.717, 1.165) is 25.8 Å². The number of nitrogens with one attached hydrogen (secondary N) is 2. The summed E-state index contributed by atoms with van der Waals surface area (Å²) in [5.41, 5.74) is 1.20. The zero-order chi connectivity index (χ0) is 19.8.